The van der Waals surface area contributed by atoms with Gasteiger partial charge < -0.3 is 10.5 Å². The molecule has 0 radical (unpaired) electrons. The Bertz CT molecular complexity index is 366. The second-order valence-corrected chi connectivity index (χ2v) is 7.40. The molecule has 2 atom stereocenters. The first-order chi connectivity index (χ1) is 7.38. The average molecular weight is 265 g/mol. The summed E-state index contributed by atoms with van der Waals surface area (Å²) in [5.74, 6) is 0.179. The van der Waals surface area contributed by atoms with E-state index in [0.29, 0.717) is 30.9 Å². The van der Waals surface area contributed by atoms with Crippen LogP contribution in [0.5, 0.6) is 0 Å². The van der Waals surface area contributed by atoms with Crippen LogP contribution in [-0.2, 0) is 14.6 Å². The van der Waals surface area contributed by atoms with E-state index in [1.54, 1.807) is 14.0 Å². The van der Waals surface area contributed by atoms with Crippen LogP contribution in [0, 0.1) is 5.41 Å². The summed E-state index contributed by atoms with van der Waals surface area (Å²) in [5.41, 5.74) is 5.30. The van der Waals surface area contributed by atoms with E-state index in [1.165, 1.54) is 0 Å². The van der Waals surface area contributed by atoms with Crippen LogP contribution < -0.4 is 5.73 Å². The summed E-state index contributed by atoms with van der Waals surface area (Å²) < 4.78 is 28.7. The molecule has 4 nitrogen and oxygen atoms in total. The molecule has 1 aliphatic rings. The molecule has 0 saturated heterocycles. The highest BCUT2D eigenvalue weighted by molar-refractivity contribution is 7.92. The molecule has 2 N–H and O–H groups in total. The van der Waals surface area contributed by atoms with E-state index in [-0.39, 0.29) is 11.0 Å². The highest BCUT2D eigenvalue weighted by Crippen LogP contribution is 2.41. The van der Waals surface area contributed by atoms with Crippen molar-refractivity contribution in [2.45, 2.75) is 31.4 Å². The summed E-state index contributed by atoms with van der Waals surface area (Å²) in [4.78, 5) is 0.378. The lowest BCUT2D eigenvalue weighted by atomic mass is 9.87. The molecule has 94 valence electrons. The zero-order chi connectivity index (χ0) is 12.4. The SMILES string of the molecule is CCS(=O)(=O)[C@@H]1CC[C@](COC)(C(N)=S)C1. The van der Waals surface area contributed by atoms with Crippen molar-refractivity contribution < 1.29 is 13.2 Å². The molecule has 1 fully saturated rings. The third-order valence-electron chi connectivity index (χ3n) is 3.42. The summed E-state index contributed by atoms with van der Waals surface area (Å²) in [5, 5.41) is -0.311. The Morgan fingerprint density at radius 1 is 1.62 bits per heavy atom. The molecule has 0 aromatic heterocycles. The van der Waals surface area contributed by atoms with Crippen LogP contribution in [0.1, 0.15) is 26.2 Å². The van der Waals surface area contributed by atoms with Crippen molar-refractivity contribution in [1.82, 2.24) is 0 Å². The van der Waals surface area contributed by atoms with E-state index in [4.69, 9.17) is 22.7 Å². The molecule has 0 heterocycles. The van der Waals surface area contributed by atoms with Gasteiger partial charge in [0.05, 0.1) is 16.8 Å². The summed E-state index contributed by atoms with van der Waals surface area (Å²) >= 11 is 5.05. The number of sulfone groups is 1. The van der Waals surface area contributed by atoms with Crippen molar-refractivity contribution in [1.29, 1.82) is 0 Å². The monoisotopic (exact) mass is 265 g/mol. The molecule has 6 heteroatoms. The molecule has 0 unspecified atom stereocenters. The van der Waals surface area contributed by atoms with Crippen LogP contribution in [0.4, 0.5) is 0 Å². The predicted molar refractivity (Wildman–Crippen MR) is 68.2 cm³/mol. The fourth-order valence-electron chi connectivity index (χ4n) is 2.32. The van der Waals surface area contributed by atoms with E-state index in [2.05, 4.69) is 0 Å². The largest absolute Gasteiger partial charge is 0.393 e. The Kier molecular flexibility index (Phi) is 4.31. The lowest BCUT2D eigenvalue weighted by Crippen LogP contribution is -2.38. The Balaban J connectivity index is 2.87. The summed E-state index contributed by atoms with van der Waals surface area (Å²) in [6, 6.07) is 0. The van der Waals surface area contributed by atoms with Gasteiger partial charge in [-0.05, 0) is 19.3 Å². The van der Waals surface area contributed by atoms with Crippen molar-refractivity contribution in [3.63, 3.8) is 0 Å². The third-order valence-corrected chi connectivity index (χ3v) is 6.07. The molecule has 0 aromatic carbocycles. The molecule has 0 bridgehead atoms. The van der Waals surface area contributed by atoms with Gasteiger partial charge in [-0.3, -0.25) is 0 Å². The van der Waals surface area contributed by atoms with Crippen molar-refractivity contribution >= 4 is 27.0 Å². The van der Waals surface area contributed by atoms with E-state index < -0.39 is 15.3 Å². The number of nitrogens with two attached hydrogens (primary N) is 1. The topological polar surface area (TPSA) is 69.4 Å². The first-order valence-electron chi connectivity index (χ1n) is 5.38. The van der Waals surface area contributed by atoms with Crippen LogP contribution in [0.3, 0.4) is 0 Å². The van der Waals surface area contributed by atoms with Crippen molar-refractivity contribution in [3.05, 3.63) is 0 Å². The highest BCUT2D eigenvalue weighted by atomic mass is 32.2. The van der Waals surface area contributed by atoms with E-state index in [9.17, 15) is 8.42 Å². The zero-order valence-electron chi connectivity index (χ0n) is 9.73. The van der Waals surface area contributed by atoms with Crippen molar-refractivity contribution in [3.8, 4) is 0 Å². The lowest BCUT2D eigenvalue weighted by molar-refractivity contribution is 0.127. The summed E-state index contributed by atoms with van der Waals surface area (Å²) in [6.45, 7) is 2.09. The normalized spacial score (nSPS) is 30.5. The molecule has 0 aromatic rings. The molecule has 16 heavy (non-hydrogen) atoms. The second kappa shape index (κ2) is 4.98. The van der Waals surface area contributed by atoms with Crippen LogP contribution in [0.15, 0.2) is 0 Å². The van der Waals surface area contributed by atoms with Gasteiger partial charge in [0.15, 0.2) is 9.84 Å². The molecule has 0 spiro atoms. The van der Waals surface area contributed by atoms with Gasteiger partial charge in [0.1, 0.15) is 0 Å². The molecular weight excluding hydrogens is 246 g/mol. The van der Waals surface area contributed by atoms with E-state index in [1.807, 2.05) is 0 Å². The van der Waals surface area contributed by atoms with E-state index in [0.717, 1.165) is 0 Å². The third kappa shape index (κ3) is 2.55. The molecule has 0 aliphatic heterocycles. The molecule has 0 amide bonds. The van der Waals surface area contributed by atoms with Gasteiger partial charge in [0, 0.05) is 18.3 Å². The molecule has 1 rings (SSSR count). The minimum Gasteiger partial charge on any atom is -0.393 e. The van der Waals surface area contributed by atoms with Gasteiger partial charge in [-0.1, -0.05) is 19.1 Å². The van der Waals surface area contributed by atoms with Crippen LogP contribution in [0.25, 0.3) is 0 Å². The van der Waals surface area contributed by atoms with E-state index >= 15 is 0 Å². The average Bonchev–Trinajstić information content (AvgIpc) is 2.65. The summed E-state index contributed by atoms with van der Waals surface area (Å²) in [7, 11) is -1.41. The van der Waals surface area contributed by atoms with Crippen LogP contribution >= 0.6 is 12.2 Å². The fourth-order valence-corrected chi connectivity index (χ4v) is 4.09. The van der Waals surface area contributed by atoms with Crippen molar-refractivity contribution in [2.24, 2.45) is 11.1 Å². The number of hydrogen-bond acceptors (Lipinski definition) is 4. The minimum atomic E-state index is -2.99. The number of methoxy groups -OCH3 is 1. The quantitative estimate of drug-likeness (QED) is 0.748. The summed E-state index contributed by atoms with van der Waals surface area (Å²) in [6.07, 6.45) is 1.85. The van der Waals surface area contributed by atoms with Gasteiger partial charge in [0.25, 0.3) is 0 Å². The number of rotatable bonds is 5. The Labute approximate surface area is 102 Å². The Hall–Kier alpha value is -0.200. The molecular formula is C10H19NO3S2. The standard InChI is InChI=1S/C10H19NO3S2/c1-3-16(12,13)8-4-5-10(6-8,7-14-2)9(11)15/h8H,3-7H2,1-2H3,(H2,11,15)/t8-,10+/m1/s1. The van der Waals surface area contributed by atoms with Crippen LogP contribution in [-0.4, -0.2) is 38.1 Å². The first-order valence-corrected chi connectivity index (χ1v) is 7.51. The fraction of sp³-hybridized carbons (Fsp3) is 0.900. The lowest BCUT2D eigenvalue weighted by Gasteiger charge is -2.27. The maximum Gasteiger partial charge on any atom is 0.152 e. The maximum absolute atomic E-state index is 11.8. The predicted octanol–water partition coefficient (Wildman–Crippen LogP) is 0.892. The molecule has 1 aliphatic carbocycles. The Morgan fingerprint density at radius 2 is 2.25 bits per heavy atom. The second-order valence-electron chi connectivity index (χ2n) is 4.39. The molecule has 1 saturated carbocycles. The number of ether oxygens (including phenoxy) is 1. The van der Waals surface area contributed by atoms with Gasteiger partial charge in [0.2, 0.25) is 0 Å². The first kappa shape index (κ1) is 13.9. The van der Waals surface area contributed by atoms with Gasteiger partial charge in [-0.15, -0.1) is 0 Å². The smallest absolute Gasteiger partial charge is 0.152 e. The number of thiocarbonyl (C=S) groups is 1. The highest BCUT2D eigenvalue weighted by Gasteiger charge is 2.45. The van der Waals surface area contributed by atoms with Crippen molar-refractivity contribution in [2.75, 3.05) is 19.5 Å². The Morgan fingerprint density at radius 3 is 2.69 bits per heavy atom. The zero-order valence-corrected chi connectivity index (χ0v) is 11.4. The maximum atomic E-state index is 11.8. The van der Waals surface area contributed by atoms with Gasteiger partial charge in [-0.25, -0.2) is 8.42 Å². The van der Waals surface area contributed by atoms with Crippen LogP contribution in [0.2, 0.25) is 0 Å². The van der Waals surface area contributed by atoms with Gasteiger partial charge in [-0.2, -0.15) is 0 Å². The van der Waals surface area contributed by atoms with Gasteiger partial charge >= 0.3 is 0 Å². The number of hydrogen-bond donors (Lipinski definition) is 1. The minimum absolute atomic E-state index is 0.179.